The smallest absolute Gasteiger partial charge is 0.268 e. The Morgan fingerprint density at radius 1 is 1.25 bits per heavy atom. The predicted octanol–water partition coefficient (Wildman–Crippen LogP) is 0.790. The molecule has 1 aliphatic rings. The van der Waals surface area contributed by atoms with E-state index < -0.39 is 16.4 Å². The minimum Gasteiger partial charge on any atom is -0.268 e. The van der Waals surface area contributed by atoms with Crippen molar-refractivity contribution in [2.75, 3.05) is 6.54 Å². The Hall–Kier alpha value is -2.01. The number of hydrogen-bond acceptors (Lipinski definition) is 3. The quantitative estimate of drug-likeness (QED) is 0.561. The van der Waals surface area contributed by atoms with Crippen molar-refractivity contribution in [2.24, 2.45) is 0 Å². The Balaban J connectivity index is 2.58. The van der Waals surface area contributed by atoms with E-state index in [-0.39, 0.29) is 12.5 Å². The first-order valence-electron chi connectivity index (χ1n) is 4.86. The average molecular weight is 219 g/mol. The maximum atomic E-state index is 11.8. The summed E-state index contributed by atoms with van der Waals surface area (Å²) in [5.74, 6) is -0.793. The monoisotopic (exact) mass is 219 g/mol. The van der Waals surface area contributed by atoms with Crippen LogP contribution in [0.5, 0.6) is 0 Å². The van der Waals surface area contributed by atoms with E-state index in [0.717, 1.165) is 0 Å². The molecule has 1 N–H and O–H groups in total. The van der Waals surface area contributed by atoms with E-state index in [2.05, 4.69) is 5.32 Å². The Bertz CT molecular complexity index is 469. The van der Waals surface area contributed by atoms with Crippen molar-refractivity contribution in [3.8, 4) is 0 Å². The third-order valence-corrected chi connectivity index (χ3v) is 2.71. The van der Waals surface area contributed by atoms with E-state index in [1.807, 2.05) is 0 Å². The van der Waals surface area contributed by atoms with E-state index in [9.17, 15) is 14.4 Å². The van der Waals surface area contributed by atoms with Gasteiger partial charge in [-0.25, -0.2) is 14.9 Å². The van der Waals surface area contributed by atoms with Crippen LogP contribution in [0.4, 0.5) is 10.5 Å². The molecule has 0 saturated carbocycles. The second-order valence-electron chi connectivity index (χ2n) is 3.68. The molecular formula is C11H11N2O3+. The number of nitrogens with zero attached hydrogens (tertiary/aromatic N) is 1. The first kappa shape index (κ1) is 10.5. The van der Waals surface area contributed by atoms with Gasteiger partial charge in [-0.3, -0.25) is 4.79 Å². The highest BCUT2D eigenvalue weighted by Crippen LogP contribution is 2.26. The Morgan fingerprint density at radius 3 is 2.31 bits per heavy atom. The number of carbonyl (C=O) groups excluding carboxylic acids is 3. The van der Waals surface area contributed by atoms with Crippen LogP contribution in [0.25, 0.3) is 0 Å². The molecule has 0 aliphatic carbocycles. The second-order valence-corrected chi connectivity index (χ2v) is 3.68. The fourth-order valence-electron chi connectivity index (χ4n) is 1.87. The highest BCUT2D eigenvalue weighted by Gasteiger charge is 2.52. The van der Waals surface area contributed by atoms with Gasteiger partial charge in [-0.1, -0.05) is 18.2 Å². The normalized spacial score (nSPS) is 24.3. The summed E-state index contributed by atoms with van der Waals surface area (Å²) in [7, 11) is 0. The number of urea groups is 1. The van der Waals surface area contributed by atoms with Crippen LogP contribution in [0.15, 0.2) is 30.3 Å². The molecule has 1 aromatic carbocycles. The van der Waals surface area contributed by atoms with Crippen LogP contribution in [0.2, 0.25) is 0 Å². The van der Waals surface area contributed by atoms with Gasteiger partial charge in [0.1, 0.15) is 5.69 Å². The summed E-state index contributed by atoms with van der Waals surface area (Å²) >= 11 is 0. The number of para-hydroxylation sites is 1. The number of amides is 4. The first-order chi connectivity index (χ1) is 7.57. The highest BCUT2D eigenvalue weighted by atomic mass is 16.2. The van der Waals surface area contributed by atoms with Gasteiger partial charge in [0.15, 0.2) is 6.54 Å². The van der Waals surface area contributed by atoms with Gasteiger partial charge in [-0.05, 0) is 0 Å². The van der Waals surface area contributed by atoms with Crippen molar-refractivity contribution >= 4 is 23.5 Å². The Labute approximate surface area is 92.3 Å². The molecule has 0 aromatic heterocycles. The third-order valence-electron chi connectivity index (χ3n) is 2.71. The molecule has 1 atom stereocenters. The lowest BCUT2D eigenvalue weighted by atomic mass is 10.2. The van der Waals surface area contributed by atoms with Gasteiger partial charge in [-0.2, -0.15) is 0 Å². The summed E-state index contributed by atoms with van der Waals surface area (Å²) in [6.07, 6.45) is 0. The van der Waals surface area contributed by atoms with E-state index in [4.69, 9.17) is 0 Å². The van der Waals surface area contributed by atoms with Crippen LogP contribution in [0, 0.1) is 0 Å². The molecular weight excluding hydrogens is 208 g/mol. The zero-order valence-corrected chi connectivity index (χ0v) is 8.77. The molecule has 1 aromatic rings. The minimum absolute atomic E-state index is 0.155. The predicted molar refractivity (Wildman–Crippen MR) is 57.3 cm³/mol. The fourth-order valence-corrected chi connectivity index (χ4v) is 1.87. The highest BCUT2D eigenvalue weighted by molar-refractivity contribution is 6.19. The standard InChI is InChI=1S/C11H10N2O3/c1-8(14)13(7-10(15)12-11(13)16)9-5-3-2-4-6-9/h2-6H,7H2,1H3/p+1. The second kappa shape index (κ2) is 3.53. The maximum absolute atomic E-state index is 11.8. The summed E-state index contributed by atoms with van der Waals surface area (Å²) in [5, 5.41) is 2.16. The molecule has 82 valence electrons. The number of carbonyl (C=O) groups is 3. The summed E-state index contributed by atoms with van der Waals surface area (Å²) < 4.78 is -0.570. The average Bonchev–Trinajstić information content (AvgIpc) is 2.56. The van der Waals surface area contributed by atoms with E-state index in [1.54, 1.807) is 30.3 Å². The molecule has 1 fully saturated rings. The van der Waals surface area contributed by atoms with Crippen LogP contribution in [0.1, 0.15) is 6.92 Å². The lowest BCUT2D eigenvalue weighted by molar-refractivity contribution is -0.127. The van der Waals surface area contributed by atoms with Crippen molar-refractivity contribution in [1.29, 1.82) is 0 Å². The summed E-state index contributed by atoms with van der Waals surface area (Å²) in [4.78, 5) is 34.7. The number of benzene rings is 1. The van der Waals surface area contributed by atoms with Gasteiger partial charge in [0.2, 0.25) is 0 Å². The number of imide groups is 2. The molecule has 16 heavy (non-hydrogen) atoms. The fraction of sp³-hybridized carbons (Fsp3) is 0.182. The zero-order valence-electron chi connectivity index (χ0n) is 8.77. The molecule has 1 aliphatic heterocycles. The van der Waals surface area contributed by atoms with Gasteiger partial charge in [0, 0.05) is 12.1 Å². The van der Waals surface area contributed by atoms with Crippen molar-refractivity contribution in [3.63, 3.8) is 0 Å². The van der Waals surface area contributed by atoms with Crippen molar-refractivity contribution in [1.82, 2.24) is 9.80 Å². The number of quaternary nitrogens is 1. The van der Waals surface area contributed by atoms with Crippen LogP contribution in [0.3, 0.4) is 0 Å². The van der Waals surface area contributed by atoms with Crippen LogP contribution in [-0.2, 0) is 9.59 Å². The lowest BCUT2D eigenvalue weighted by Crippen LogP contribution is -2.55. The van der Waals surface area contributed by atoms with E-state index >= 15 is 0 Å². The van der Waals surface area contributed by atoms with Crippen molar-refractivity contribution in [2.45, 2.75) is 6.92 Å². The van der Waals surface area contributed by atoms with Crippen LogP contribution in [-0.4, -0.2) is 24.4 Å². The summed E-state index contributed by atoms with van der Waals surface area (Å²) in [6.45, 7) is 1.16. The summed E-state index contributed by atoms with van der Waals surface area (Å²) in [6, 6.07) is 8.00. The Kier molecular flexibility index (Phi) is 2.32. The molecule has 1 unspecified atom stereocenters. The van der Waals surface area contributed by atoms with Crippen molar-refractivity contribution < 1.29 is 14.4 Å². The number of nitrogens with one attached hydrogen (secondary N) is 1. The molecule has 1 heterocycles. The molecule has 0 spiro atoms. The first-order valence-corrected chi connectivity index (χ1v) is 4.86. The van der Waals surface area contributed by atoms with Gasteiger partial charge in [0.25, 0.3) is 5.91 Å². The molecule has 4 amide bonds. The molecule has 0 radical (unpaired) electrons. The molecule has 5 nitrogen and oxygen atoms in total. The van der Waals surface area contributed by atoms with Crippen LogP contribution < -0.4 is 9.80 Å². The zero-order chi connectivity index (χ0) is 11.8. The van der Waals surface area contributed by atoms with Gasteiger partial charge in [-0.15, -0.1) is 4.48 Å². The van der Waals surface area contributed by atoms with Gasteiger partial charge >= 0.3 is 11.9 Å². The van der Waals surface area contributed by atoms with Gasteiger partial charge < -0.3 is 0 Å². The maximum Gasteiger partial charge on any atom is 0.436 e. The molecule has 2 rings (SSSR count). The third kappa shape index (κ3) is 1.33. The lowest BCUT2D eigenvalue weighted by Gasteiger charge is -2.23. The van der Waals surface area contributed by atoms with E-state index in [1.165, 1.54) is 6.92 Å². The SMILES string of the molecule is CC(=O)[N+]1(c2ccccc2)CC(=O)NC1=O. The number of hydrogen-bond donors (Lipinski definition) is 1. The minimum atomic E-state index is -0.580. The molecule has 5 heteroatoms. The number of rotatable bonds is 1. The molecule has 0 bridgehead atoms. The Morgan fingerprint density at radius 2 is 1.88 bits per heavy atom. The molecule has 1 saturated heterocycles. The van der Waals surface area contributed by atoms with Crippen LogP contribution >= 0.6 is 0 Å². The van der Waals surface area contributed by atoms with Gasteiger partial charge in [0.05, 0.1) is 6.92 Å². The topological polar surface area (TPSA) is 63.2 Å². The summed E-state index contributed by atoms with van der Waals surface area (Å²) in [5.41, 5.74) is 0.512. The largest absolute Gasteiger partial charge is 0.436 e. The van der Waals surface area contributed by atoms with Crippen molar-refractivity contribution in [3.05, 3.63) is 30.3 Å². The van der Waals surface area contributed by atoms with E-state index in [0.29, 0.717) is 5.69 Å².